The molecular formula is C18H26BNO6. The Labute approximate surface area is 154 Å². The molecule has 26 heavy (non-hydrogen) atoms. The molecule has 0 aromatic heterocycles. The number of aliphatic hydroxyl groups excluding tert-OH is 1. The van der Waals surface area contributed by atoms with Crippen molar-refractivity contribution in [2.45, 2.75) is 51.9 Å². The minimum Gasteiger partial charge on any atom is -0.497 e. The second-order valence-electron chi connectivity index (χ2n) is 7.95. The van der Waals surface area contributed by atoms with Gasteiger partial charge in [0.2, 0.25) is 0 Å². The minimum atomic E-state index is -0.842. The van der Waals surface area contributed by atoms with Crippen LogP contribution in [0.1, 0.15) is 34.6 Å². The highest BCUT2D eigenvalue weighted by molar-refractivity contribution is 6.57. The summed E-state index contributed by atoms with van der Waals surface area (Å²) in [6.45, 7) is 9.67. The van der Waals surface area contributed by atoms with Crippen LogP contribution in [0.15, 0.2) is 34.5 Å². The van der Waals surface area contributed by atoms with Crippen molar-refractivity contribution in [3.63, 3.8) is 0 Å². The maximum absolute atomic E-state index is 11.9. The lowest BCUT2D eigenvalue weighted by atomic mass is 9.68. The van der Waals surface area contributed by atoms with Gasteiger partial charge in [-0.3, -0.25) is 0 Å². The highest BCUT2D eigenvalue weighted by Gasteiger charge is 2.52. The molecule has 3 aliphatic heterocycles. The number of carbonyl (C=O) groups is 1. The number of nitrogens with one attached hydrogen (secondary N) is 1. The third kappa shape index (κ3) is 3.54. The van der Waals surface area contributed by atoms with Crippen molar-refractivity contribution in [3.8, 4) is 0 Å². The van der Waals surface area contributed by atoms with E-state index in [0.29, 0.717) is 6.61 Å². The lowest BCUT2D eigenvalue weighted by molar-refractivity contribution is 0.0264. The SMILES string of the molecule is CC1=C2C=COCC3=C2B(OC1CNC(=O)OC(C)(C)C)OC3(C)CO. The van der Waals surface area contributed by atoms with Gasteiger partial charge in [-0.1, -0.05) is 0 Å². The van der Waals surface area contributed by atoms with Crippen LogP contribution in [-0.2, 0) is 18.8 Å². The molecule has 2 unspecified atom stereocenters. The highest BCUT2D eigenvalue weighted by atomic mass is 16.6. The van der Waals surface area contributed by atoms with Gasteiger partial charge in [-0.2, -0.15) is 0 Å². The van der Waals surface area contributed by atoms with Crippen molar-refractivity contribution in [2.24, 2.45) is 0 Å². The van der Waals surface area contributed by atoms with Crippen LogP contribution < -0.4 is 5.32 Å². The van der Waals surface area contributed by atoms with Crippen molar-refractivity contribution in [1.29, 1.82) is 0 Å². The van der Waals surface area contributed by atoms with Crippen LogP contribution in [0.25, 0.3) is 0 Å². The third-order valence-corrected chi connectivity index (χ3v) is 4.74. The van der Waals surface area contributed by atoms with Gasteiger partial charge >= 0.3 is 13.2 Å². The van der Waals surface area contributed by atoms with E-state index >= 15 is 0 Å². The molecule has 7 nitrogen and oxygen atoms in total. The molecule has 3 heterocycles. The molecule has 0 aliphatic carbocycles. The van der Waals surface area contributed by atoms with Crippen LogP contribution in [0.2, 0.25) is 0 Å². The lowest BCUT2D eigenvalue weighted by Crippen LogP contribution is -2.44. The van der Waals surface area contributed by atoms with Gasteiger partial charge in [0, 0.05) is 6.54 Å². The predicted octanol–water partition coefficient (Wildman–Crippen LogP) is 1.88. The summed E-state index contributed by atoms with van der Waals surface area (Å²) in [4.78, 5) is 11.9. The smallest absolute Gasteiger partial charge is 0.495 e. The number of allylic oxidation sites excluding steroid dienone is 3. The van der Waals surface area contributed by atoms with Crippen molar-refractivity contribution in [3.05, 3.63) is 34.5 Å². The molecule has 0 saturated carbocycles. The fourth-order valence-electron chi connectivity index (χ4n) is 3.34. The molecule has 0 fully saturated rings. The highest BCUT2D eigenvalue weighted by Crippen LogP contribution is 2.43. The largest absolute Gasteiger partial charge is 0.497 e. The zero-order valence-corrected chi connectivity index (χ0v) is 15.9. The Balaban J connectivity index is 1.82. The van der Waals surface area contributed by atoms with Crippen LogP contribution in [0.4, 0.5) is 4.79 Å². The molecule has 0 radical (unpaired) electrons. The summed E-state index contributed by atoms with van der Waals surface area (Å²) in [6.07, 6.45) is 2.68. The van der Waals surface area contributed by atoms with Gasteiger partial charge in [0.15, 0.2) is 0 Å². The Kier molecular flexibility index (Phi) is 4.94. The molecule has 0 aromatic carbocycles. The van der Waals surface area contributed by atoms with Gasteiger partial charge < -0.3 is 29.2 Å². The third-order valence-electron chi connectivity index (χ3n) is 4.74. The molecular weight excluding hydrogens is 337 g/mol. The van der Waals surface area contributed by atoms with Crippen LogP contribution in [-0.4, -0.2) is 55.4 Å². The number of hydrogen-bond donors (Lipinski definition) is 2. The summed E-state index contributed by atoms with van der Waals surface area (Å²) in [7, 11) is -0.599. The maximum atomic E-state index is 11.9. The Hall–Kier alpha value is -1.77. The monoisotopic (exact) mass is 363 g/mol. The van der Waals surface area contributed by atoms with Crippen molar-refractivity contribution in [2.75, 3.05) is 19.8 Å². The van der Waals surface area contributed by atoms with Crippen molar-refractivity contribution >= 4 is 13.2 Å². The van der Waals surface area contributed by atoms with Crippen LogP contribution in [0.5, 0.6) is 0 Å². The molecule has 0 bridgehead atoms. The van der Waals surface area contributed by atoms with Crippen LogP contribution >= 0.6 is 0 Å². The standard InChI is InChI=1S/C18H26BNO6/c1-11-12-6-7-23-9-13-15(12)19(26-18(13,5)10-21)25-14(11)8-20-16(22)24-17(2,3)4/h6-7,14,21H,8-10H2,1-5H3,(H,20,22). The summed E-state index contributed by atoms with van der Waals surface area (Å²) < 4.78 is 22.9. The summed E-state index contributed by atoms with van der Waals surface area (Å²) in [6, 6.07) is 0. The van der Waals surface area contributed by atoms with Gasteiger partial charge in [-0.25, -0.2) is 4.79 Å². The van der Waals surface area contributed by atoms with Gasteiger partial charge in [0.25, 0.3) is 0 Å². The van der Waals surface area contributed by atoms with E-state index in [1.165, 1.54) is 0 Å². The molecule has 2 atom stereocenters. The number of hydrogen-bond acceptors (Lipinski definition) is 6. The number of aliphatic hydroxyl groups is 1. The summed E-state index contributed by atoms with van der Waals surface area (Å²) >= 11 is 0. The first-order chi connectivity index (χ1) is 12.1. The van der Waals surface area contributed by atoms with Crippen LogP contribution in [0.3, 0.4) is 0 Å². The molecule has 3 aliphatic rings. The average Bonchev–Trinajstić information content (AvgIpc) is 2.71. The zero-order chi connectivity index (χ0) is 19.1. The lowest BCUT2D eigenvalue weighted by Gasteiger charge is -2.31. The predicted molar refractivity (Wildman–Crippen MR) is 96.3 cm³/mol. The number of amides is 1. The molecule has 8 heteroatoms. The molecule has 3 rings (SSSR count). The van der Waals surface area contributed by atoms with E-state index in [4.69, 9.17) is 18.8 Å². The molecule has 1 amide bonds. The van der Waals surface area contributed by atoms with E-state index in [2.05, 4.69) is 5.32 Å². The molecule has 0 saturated heterocycles. The van der Waals surface area contributed by atoms with Gasteiger partial charge in [-0.15, -0.1) is 0 Å². The van der Waals surface area contributed by atoms with Crippen molar-refractivity contribution < 1.29 is 28.7 Å². The molecule has 0 spiro atoms. The molecule has 142 valence electrons. The summed E-state index contributed by atoms with van der Waals surface area (Å²) in [5.74, 6) is 0. The van der Waals surface area contributed by atoms with Crippen molar-refractivity contribution in [1.82, 2.24) is 5.32 Å². The second-order valence-corrected chi connectivity index (χ2v) is 7.95. The summed E-state index contributed by atoms with van der Waals surface area (Å²) in [5, 5.41) is 12.6. The quantitative estimate of drug-likeness (QED) is 0.745. The van der Waals surface area contributed by atoms with Crippen LogP contribution in [0, 0.1) is 0 Å². The molecule has 0 aromatic rings. The van der Waals surface area contributed by atoms with E-state index in [1.54, 1.807) is 6.26 Å². The summed E-state index contributed by atoms with van der Waals surface area (Å²) in [5.41, 5.74) is 2.35. The zero-order valence-electron chi connectivity index (χ0n) is 15.9. The first kappa shape index (κ1) is 19.0. The normalized spacial score (nSPS) is 27.9. The fraction of sp³-hybridized carbons (Fsp3) is 0.611. The number of ether oxygens (including phenoxy) is 2. The van der Waals surface area contributed by atoms with Gasteiger partial charge in [-0.05, 0) is 62.9 Å². The minimum absolute atomic E-state index is 0.164. The topological polar surface area (TPSA) is 86.3 Å². The Morgan fingerprint density at radius 3 is 2.88 bits per heavy atom. The van der Waals surface area contributed by atoms with Gasteiger partial charge in [0.05, 0.1) is 24.6 Å². The fourth-order valence-corrected chi connectivity index (χ4v) is 3.34. The van der Waals surface area contributed by atoms with E-state index in [9.17, 15) is 9.90 Å². The Bertz CT molecular complexity index is 692. The maximum Gasteiger partial charge on any atom is 0.495 e. The first-order valence-corrected chi connectivity index (χ1v) is 8.78. The number of carbonyl (C=O) groups excluding carboxylic acids is 1. The number of alkyl carbamates (subject to hydrolysis) is 1. The Morgan fingerprint density at radius 2 is 2.23 bits per heavy atom. The average molecular weight is 363 g/mol. The first-order valence-electron chi connectivity index (χ1n) is 8.78. The van der Waals surface area contributed by atoms with E-state index in [0.717, 1.165) is 22.2 Å². The van der Waals surface area contributed by atoms with E-state index in [1.807, 2.05) is 40.7 Å². The van der Waals surface area contributed by atoms with E-state index in [-0.39, 0.29) is 19.3 Å². The number of rotatable bonds is 3. The molecule has 2 N–H and O–H groups in total. The van der Waals surface area contributed by atoms with Gasteiger partial charge in [0.1, 0.15) is 12.2 Å². The van der Waals surface area contributed by atoms with E-state index < -0.39 is 24.4 Å². The second kappa shape index (κ2) is 6.76. The Morgan fingerprint density at radius 1 is 1.50 bits per heavy atom.